The van der Waals surface area contributed by atoms with Gasteiger partial charge >= 0.3 is 0 Å². The molecular formula is C36H56BNO3. The number of unbranched alkanes of at least 4 members (excludes halogenated alkanes) is 5. The van der Waals surface area contributed by atoms with Gasteiger partial charge in [-0.15, -0.1) is 0 Å². The maximum atomic E-state index is 5.43. The van der Waals surface area contributed by atoms with Crippen LogP contribution in [0.15, 0.2) is 72.8 Å². The third-order valence-corrected chi connectivity index (χ3v) is 7.65. The number of methoxy groups -OCH3 is 3. The number of rotatable bonds is 16. The number of benzene rings is 3. The SMILES string of the molecule is CCCCCCCC[B-](Cc1ccc(OC)cc1)(Cc1ccc(OC)cc1)Cc1ccc(OC)cc1.C[N+](C)(C)C. The van der Waals surface area contributed by atoms with Crippen LogP contribution in [0.3, 0.4) is 0 Å². The molecule has 0 aliphatic heterocycles. The zero-order chi connectivity index (χ0) is 30.1. The lowest BCUT2D eigenvalue weighted by molar-refractivity contribution is -0.849. The van der Waals surface area contributed by atoms with Crippen LogP contribution in [-0.4, -0.2) is 60.1 Å². The summed E-state index contributed by atoms with van der Waals surface area (Å²) < 4.78 is 17.3. The maximum absolute atomic E-state index is 5.43. The molecule has 0 saturated carbocycles. The van der Waals surface area contributed by atoms with Crippen LogP contribution in [0.1, 0.15) is 62.1 Å². The van der Waals surface area contributed by atoms with Gasteiger partial charge in [-0.3, -0.25) is 0 Å². The average Bonchev–Trinajstić information content (AvgIpc) is 2.95. The summed E-state index contributed by atoms with van der Waals surface area (Å²) >= 11 is 0. The molecule has 0 bridgehead atoms. The largest absolute Gasteiger partial charge is 0.497 e. The molecule has 0 radical (unpaired) electrons. The van der Waals surface area contributed by atoms with Crippen molar-refractivity contribution in [3.05, 3.63) is 89.5 Å². The molecule has 0 aliphatic rings. The van der Waals surface area contributed by atoms with E-state index in [1.807, 2.05) is 0 Å². The van der Waals surface area contributed by atoms with Gasteiger partial charge in [0.15, 0.2) is 0 Å². The molecule has 3 rings (SSSR count). The first-order chi connectivity index (χ1) is 19.6. The van der Waals surface area contributed by atoms with Crippen LogP contribution in [0.25, 0.3) is 0 Å². The fraction of sp³-hybridized carbons (Fsp3) is 0.500. The molecule has 0 amide bonds. The number of hydrogen-bond acceptors (Lipinski definition) is 3. The van der Waals surface area contributed by atoms with Crippen LogP contribution in [-0.2, 0) is 19.0 Å². The van der Waals surface area contributed by atoms with Crippen LogP contribution in [0.5, 0.6) is 17.2 Å². The first-order valence-corrected chi connectivity index (χ1v) is 15.5. The first-order valence-electron chi connectivity index (χ1n) is 15.5. The predicted molar refractivity (Wildman–Crippen MR) is 178 cm³/mol. The topological polar surface area (TPSA) is 27.7 Å². The fourth-order valence-corrected chi connectivity index (χ4v) is 5.67. The van der Waals surface area contributed by atoms with Gasteiger partial charge in [-0.05, 0) is 36.4 Å². The highest BCUT2D eigenvalue weighted by molar-refractivity contribution is 6.78. The Morgan fingerprint density at radius 3 is 1.07 bits per heavy atom. The molecule has 0 unspecified atom stereocenters. The van der Waals surface area contributed by atoms with E-state index in [1.54, 1.807) is 21.3 Å². The molecular weight excluding hydrogens is 505 g/mol. The van der Waals surface area contributed by atoms with Crippen molar-refractivity contribution in [3.8, 4) is 17.2 Å². The van der Waals surface area contributed by atoms with Gasteiger partial charge in [0.1, 0.15) is 17.2 Å². The van der Waals surface area contributed by atoms with E-state index in [1.165, 1.54) is 61.5 Å². The molecule has 3 aromatic rings. The Bertz CT molecular complexity index is 963. The highest BCUT2D eigenvalue weighted by Crippen LogP contribution is 2.30. The summed E-state index contributed by atoms with van der Waals surface area (Å²) in [7, 11) is 13.7. The standard InChI is InChI=1S/C32H44BO3.C4H12N/c1-5-6-7-8-9-10-23-33(24-27-11-17-30(34-2)18-12-27,25-28-13-19-31(35-3)20-14-28)26-29-15-21-32(36-4)22-16-29;1-5(2,3)4/h11-22H,5-10,23-26H2,1-4H3;1-4H3/q-1;+1. The van der Waals surface area contributed by atoms with Crippen molar-refractivity contribution in [2.24, 2.45) is 0 Å². The Morgan fingerprint density at radius 1 is 0.488 bits per heavy atom. The van der Waals surface area contributed by atoms with Crippen LogP contribution in [0.2, 0.25) is 6.32 Å². The van der Waals surface area contributed by atoms with Crippen molar-refractivity contribution in [2.75, 3.05) is 49.5 Å². The van der Waals surface area contributed by atoms with E-state index in [4.69, 9.17) is 14.2 Å². The van der Waals surface area contributed by atoms with E-state index in [0.29, 0.717) is 0 Å². The van der Waals surface area contributed by atoms with Gasteiger partial charge in [-0.25, -0.2) is 0 Å². The molecule has 0 N–H and O–H groups in total. The lowest BCUT2D eigenvalue weighted by atomic mass is 9.16. The Morgan fingerprint density at radius 2 is 0.780 bits per heavy atom. The number of ether oxygens (including phenoxy) is 3. The van der Waals surface area contributed by atoms with Gasteiger partial charge in [-0.2, -0.15) is 25.3 Å². The summed E-state index contributed by atoms with van der Waals surface area (Å²) in [5.41, 5.74) is 4.18. The van der Waals surface area contributed by atoms with Crippen LogP contribution < -0.4 is 14.2 Å². The fourth-order valence-electron chi connectivity index (χ4n) is 5.67. The highest BCUT2D eigenvalue weighted by atomic mass is 16.5. The third-order valence-electron chi connectivity index (χ3n) is 7.65. The van der Waals surface area contributed by atoms with E-state index >= 15 is 0 Å². The van der Waals surface area contributed by atoms with Crippen molar-refractivity contribution < 1.29 is 18.7 Å². The normalized spacial score (nSPS) is 11.4. The van der Waals surface area contributed by atoms with Crippen LogP contribution in [0, 0.1) is 0 Å². The second kappa shape index (κ2) is 17.8. The smallest absolute Gasteiger partial charge is 0.118 e. The van der Waals surface area contributed by atoms with E-state index in [0.717, 1.165) is 40.7 Å². The minimum atomic E-state index is -0.744. The summed E-state index contributed by atoms with van der Waals surface area (Å²) in [6.07, 6.45) is 11.7. The van der Waals surface area contributed by atoms with Crippen molar-refractivity contribution in [1.82, 2.24) is 0 Å². The number of hydrogen-bond donors (Lipinski definition) is 0. The average molecular weight is 562 g/mol. The second-order valence-electron chi connectivity index (χ2n) is 13.1. The molecule has 0 spiro atoms. The monoisotopic (exact) mass is 561 g/mol. The van der Waals surface area contributed by atoms with Gasteiger partial charge in [-0.1, -0.05) is 98.5 Å². The minimum absolute atomic E-state index is 0.744. The van der Waals surface area contributed by atoms with Gasteiger partial charge in [0.05, 0.1) is 49.5 Å². The van der Waals surface area contributed by atoms with Crippen LogP contribution >= 0.6 is 0 Å². The maximum Gasteiger partial charge on any atom is 0.118 e. The molecule has 41 heavy (non-hydrogen) atoms. The van der Waals surface area contributed by atoms with Gasteiger partial charge in [0.2, 0.25) is 0 Å². The molecule has 0 fully saturated rings. The summed E-state index contributed by atoms with van der Waals surface area (Å²) in [6.45, 7) is 2.28. The zero-order valence-corrected chi connectivity index (χ0v) is 27.2. The van der Waals surface area contributed by atoms with E-state index < -0.39 is 6.15 Å². The van der Waals surface area contributed by atoms with Crippen molar-refractivity contribution >= 4 is 6.15 Å². The Kier molecular flexibility index (Phi) is 14.9. The summed E-state index contributed by atoms with van der Waals surface area (Å²) in [5.74, 6) is 2.74. The molecule has 4 nitrogen and oxygen atoms in total. The van der Waals surface area contributed by atoms with Crippen molar-refractivity contribution in [3.63, 3.8) is 0 Å². The Labute approximate surface area is 251 Å². The Balaban J connectivity index is 0.00000108. The first kappa shape index (κ1) is 34.3. The molecule has 0 atom stereocenters. The van der Waals surface area contributed by atoms with Gasteiger partial charge < -0.3 is 18.7 Å². The molecule has 3 aromatic carbocycles. The quantitative estimate of drug-likeness (QED) is 0.0997. The van der Waals surface area contributed by atoms with E-state index in [-0.39, 0.29) is 0 Å². The van der Waals surface area contributed by atoms with Crippen molar-refractivity contribution in [1.29, 1.82) is 0 Å². The number of nitrogens with zero attached hydrogens (tertiary/aromatic N) is 1. The van der Waals surface area contributed by atoms with Crippen LogP contribution in [0.4, 0.5) is 0 Å². The van der Waals surface area contributed by atoms with E-state index in [9.17, 15) is 0 Å². The minimum Gasteiger partial charge on any atom is -0.497 e. The number of quaternary nitrogens is 1. The molecule has 5 heteroatoms. The molecule has 0 aromatic heterocycles. The van der Waals surface area contributed by atoms with E-state index in [2.05, 4.69) is 108 Å². The predicted octanol–water partition coefficient (Wildman–Crippen LogP) is 8.49. The molecule has 0 aliphatic carbocycles. The molecule has 0 saturated heterocycles. The summed E-state index contributed by atoms with van der Waals surface area (Å²) in [6, 6.07) is 26.1. The van der Waals surface area contributed by atoms with Gasteiger partial charge in [0.25, 0.3) is 0 Å². The lowest BCUT2D eigenvalue weighted by Crippen LogP contribution is -2.43. The van der Waals surface area contributed by atoms with Gasteiger partial charge in [0, 0.05) is 6.15 Å². The zero-order valence-electron chi connectivity index (χ0n) is 27.2. The summed E-state index contributed by atoms with van der Waals surface area (Å²) in [5, 5.41) is 0. The van der Waals surface area contributed by atoms with Crippen molar-refractivity contribution in [2.45, 2.75) is 70.7 Å². The summed E-state index contributed by atoms with van der Waals surface area (Å²) in [4.78, 5) is 0. The molecule has 0 heterocycles. The third kappa shape index (κ3) is 14.0. The second-order valence-corrected chi connectivity index (χ2v) is 13.1. The molecule has 226 valence electrons. The Hall–Kier alpha value is -2.92. The lowest BCUT2D eigenvalue weighted by Gasteiger charge is -2.41. The highest BCUT2D eigenvalue weighted by Gasteiger charge is 2.26.